The minimum absolute atomic E-state index is 0.271. The Morgan fingerprint density at radius 3 is 2.88 bits per heavy atom. The highest BCUT2D eigenvalue weighted by atomic mass is 35.5. The van der Waals surface area contributed by atoms with Crippen LogP contribution in [0, 0.1) is 5.82 Å². The molecule has 0 saturated heterocycles. The first-order chi connectivity index (χ1) is 8.22. The van der Waals surface area contributed by atoms with Crippen molar-refractivity contribution in [3.05, 3.63) is 58.9 Å². The molecule has 0 saturated carbocycles. The standard InChI is InChI=1S/C12H11ClFN3/c1-15-11(8-5-9(14)7-16-6-8)12-10(13)3-2-4-17-12/h2-7,11,15H,1H3. The Balaban J connectivity index is 2.44. The van der Waals surface area contributed by atoms with Crippen LogP contribution >= 0.6 is 11.6 Å². The summed E-state index contributed by atoms with van der Waals surface area (Å²) in [7, 11) is 1.76. The first kappa shape index (κ1) is 12.0. The molecule has 2 aromatic rings. The van der Waals surface area contributed by atoms with Crippen LogP contribution in [0.3, 0.4) is 0 Å². The number of hydrogen-bond donors (Lipinski definition) is 1. The van der Waals surface area contributed by atoms with Gasteiger partial charge in [0, 0.05) is 12.4 Å². The zero-order valence-electron chi connectivity index (χ0n) is 9.19. The van der Waals surface area contributed by atoms with E-state index < -0.39 is 0 Å². The second-order valence-electron chi connectivity index (χ2n) is 3.53. The fourth-order valence-electron chi connectivity index (χ4n) is 1.66. The van der Waals surface area contributed by atoms with Gasteiger partial charge in [-0.1, -0.05) is 11.6 Å². The Bertz CT molecular complexity index is 519. The summed E-state index contributed by atoms with van der Waals surface area (Å²) < 4.78 is 13.1. The molecule has 1 N–H and O–H groups in total. The van der Waals surface area contributed by atoms with Gasteiger partial charge in [0.1, 0.15) is 5.82 Å². The molecule has 1 unspecified atom stereocenters. The van der Waals surface area contributed by atoms with E-state index in [4.69, 9.17) is 11.6 Å². The molecule has 17 heavy (non-hydrogen) atoms. The minimum atomic E-state index is -0.380. The van der Waals surface area contributed by atoms with Gasteiger partial charge in [-0.2, -0.15) is 0 Å². The van der Waals surface area contributed by atoms with E-state index in [0.717, 1.165) is 6.20 Å². The van der Waals surface area contributed by atoms with Crippen molar-refractivity contribution in [1.29, 1.82) is 0 Å². The Morgan fingerprint density at radius 1 is 1.41 bits per heavy atom. The van der Waals surface area contributed by atoms with E-state index >= 15 is 0 Å². The molecular weight excluding hydrogens is 241 g/mol. The zero-order valence-corrected chi connectivity index (χ0v) is 9.95. The van der Waals surface area contributed by atoms with Crippen LogP contribution in [0.15, 0.2) is 36.8 Å². The minimum Gasteiger partial charge on any atom is -0.308 e. The van der Waals surface area contributed by atoms with Crippen LogP contribution in [-0.4, -0.2) is 17.0 Å². The molecule has 5 heteroatoms. The quantitative estimate of drug-likeness (QED) is 0.911. The summed E-state index contributed by atoms with van der Waals surface area (Å²) in [4.78, 5) is 8.03. The van der Waals surface area contributed by atoms with Gasteiger partial charge in [0.05, 0.1) is 23.0 Å². The molecule has 0 aliphatic heterocycles. The molecule has 0 aliphatic rings. The topological polar surface area (TPSA) is 37.8 Å². The van der Waals surface area contributed by atoms with Crippen molar-refractivity contribution < 1.29 is 4.39 Å². The molecule has 88 valence electrons. The van der Waals surface area contributed by atoms with E-state index in [2.05, 4.69) is 15.3 Å². The van der Waals surface area contributed by atoms with Gasteiger partial charge in [-0.15, -0.1) is 0 Å². The van der Waals surface area contributed by atoms with Crippen LogP contribution in [0.4, 0.5) is 4.39 Å². The van der Waals surface area contributed by atoms with Gasteiger partial charge in [0.25, 0.3) is 0 Å². The number of halogens is 2. The summed E-state index contributed by atoms with van der Waals surface area (Å²) in [5.41, 5.74) is 1.34. The average molecular weight is 252 g/mol. The number of nitrogens with zero attached hydrogens (tertiary/aromatic N) is 2. The first-order valence-corrected chi connectivity index (χ1v) is 5.48. The Labute approximate surface area is 104 Å². The van der Waals surface area contributed by atoms with Crippen molar-refractivity contribution in [3.63, 3.8) is 0 Å². The van der Waals surface area contributed by atoms with E-state index in [1.54, 1.807) is 31.6 Å². The summed E-state index contributed by atoms with van der Waals surface area (Å²) in [6.45, 7) is 0. The lowest BCUT2D eigenvalue weighted by Crippen LogP contribution is -2.19. The van der Waals surface area contributed by atoms with Gasteiger partial charge in [0.15, 0.2) is 0 Å². The Kier molecular flexibility index (Phi) is 3.66. The van der Waals surface area contributed by atoms with E-state index in [-0.39, 0.29) is 11.9 Å². The van der Waals surface area contributed by atoms with E-state index in [0.29, 0.717) is 16.3 Å². The molecule has 0 fully saturated rings. The largest absolute Gasteiger partial charge is 0.308 e. The summed E-state index contributed by atoms with van der Waals surface area (Å²) in [6.07, 6.45) is 4.41. The third kappa shape index (κ3) is 2.60. The van der Waals surface area contributed by atoms with Gasteiger partial charge in [-0.05, 0) is 30.8 Å². The second kappa shape index (κ2) is 5.21. The molecule has 0 aliphatic carbocycles. The van der Waals surface area contributed by atoms with Gasteiger partial charge in [-0.25, -0.2) is 4.39 Å². The maximum absolute atomic E-state index is 13.1. The van der Waals surface area contributed by atoms with Crippen LogP contribution in [0.2, 0.25) is 5.02 Å². The van der Waals surface area contributed by atoms with Crippen molar-refractivity contribution >= 4 is 11.6 Å². The van der Waals surface area contributed by atoms with Crippen molar-refractivity contribution in [1.82, 2.24) is 15.3 Å². The molecule has 0 bridgehead atoms. The molecule has 2 aromatic heterocycles. The molecular formula is C12H11ClFN3. The van der Waals surface area contributed by atoms with Crippen LogP contribution in [0.5, 0.6) is 0 Å². The second-order valence-corrected chi connectivity index (χ2v) is 3.94. The highest BCUT2D eigenvalue weighted by molar-refractivity contribution is 6.31. The Hall–Kier alpha value is -1.52. The molecule has 0 radical (unpaired) electrons. The van der Waals surface area contributed by atoms with Crippen LogP contribution in [0.1, 0.15) is 17.3 Å². The highest BCUT2D eigenvalue weighted by Crippen LogP contribution is 2.25. The molecule has 2 rings (SSSR count). The predicted octanol–water partition coefficient (Wildman–Crippen LogP) is 2.58. The summed E-state index contributed by atoms with van der Waals surface area (Å²) in [5, 5.41) is 3.59. The zero-order chi connectivity index (χ0) is 12.3. The lowest BCUT2D eigenvalue weighted by atomic mass is 10.1. The van der Waals surface area contributed by atoms with Gasteiger partial charge < -0.3 is 5.32 Å². The van der Waals surface area contributed by atoms with Crippen LogP contribution < -0.4 is 5.32 Å². The SMILES string of the molecule is CNC(c1cncc(F)c1)c1ncccc1Cl. The van der Waals surface area contributed by atoms with Crippen molar-refractivity contribution in [2.75, 3.05) is 7.05 Å². The van der Waals surface area contributed by atoms with Crippen LogP contribution in [0.25, 0.3) is 0 Å². The van der Waals surface area contributed by atoms with Gasteiger partial charge in [-0.3, -0.25) is 9.97 Å². The maximum atomic E-state index is 13.1. The number of pyridine rings is 2. The molecule has 0 aromatic carbocycles. The third-order valence-electron chi connectivity index (χ3n) is 2.41. The van der Waals surface area contributed by atoms with Crippen LogP contribution in [-0.2, 0) is 0 Å². The fourth-order valence-corrected chi connectivity index (χ4v) is 1.89. The average Bonchev–Trinajstić information content (AvgIpc) is 2.33. The van der Waals surface area contributed by atoms with Crippen molar-refractivity contribution in [2.24, 2.45) is 0 Å². The number of aromatic nitrogens is 2. The van der Waals surface area contributed by atoms with Crippen molar-refractivity contribution in [3.8, 4) is 0 Å². The highest BCUT2D eigenvalue weighted by Gasteiger charge is 2.17. The first-order valence-electron chi connectivity index (χ1n) is 5.10. The van der Waals surface area contributed by atoms with Gasteiger partial charge >= 0.3 is 0 Å². The molecule has 2 heterocycles. The van der Waals surface area contributed by atoms with E-state index in [9.17, 15) is 4.39 Å². The lowest BCUT2D eigenvalue weighted by Gasteiger charge is -2.16. The molecule has 0 amide bonds. The number of rotatable bonds is 3. The van der Waals surface area contributed by atoms with E-state index in [1.807, 2.05) is 0 Å². The monoisotopic (exact) mass is 251 g/mol. The lowest BCUT2D eigenvalue weighted by molar-refractivity contribution is 0.606. The number of nitrogens with one attached hydrogen (secondary N) is 1. The number of hydrogen-bond acceptors (Lipinski definition) is 3. The maximum Gasteiger partial charge on any atom is 0.141 e. The summed E-state index contributed by atoms with van der Waals surface area (Å²) in [6, 6.07) is 4.65. The summed E-state index contributed by atoms with van der Waals surface area (Å²) >= 11 is 6.07. The Morgan fingerprint density at radius 2 is 2.24 bits per heavy atom. The summed E-state index contributed by atoms with van der Waals surface area (Å²) in [5.74, 6) is -0.380. The van der Waals surface area contributed by atoms with Crippen molar-refractivity contribution in [2.45, 2.75) is 6.04 Å². The fraction of sp³-hybridized carbons (Fsp3) is 0.167. The third-order valence-corrected chi connectivity index (χ3v) is 2.73. The van der Waals surface area contributed by atoms with Gasteiger partial charge in [0.2, 0.25) is 0 Å². The predicted molar refractivity (Wildman–Crippen MR) is 64.3 cm³/mol. The smallest absolute Gasteiger partial charge is 0.141 e. The molecule has 1 atom stereocenters. The molecule has 0 spiro atoms. The molecule has 3 nitrogen and oxygen atoms in total. The van der Waals surface area contributed by atoms with E-state index in [1.165, 1.54) is 6.07 Å². The normalized spacial score (nSPS) is 12.4.